The number of rotatable bonds is 6. The molecule has 0 fully saturated rings. The molecule has 26 heavy (non-hydrogen) atoms. The van der Waals surface area contributed by atoms with E-state index < -0.39 is 0 Å². The van der Waals surface area contributed by atoms with Crippen LogP contribution in [0, 0.1) is 5.82 Å². The van der Waals surface area contributed by atoms with Gasteiger partial charge >= 0.3 is 0 Å². The van der Waals surface area contributed by atoms with Gasteiger partial charge in [0.2, 0.25) is 0 Å². The summed E-state index contributed by atoms with van der Waals surface area (Å²) in [6, 6.07) is 19.6. The number of halogens is 1. The minimum Gasteiger partial charge on any atom is -0.350 e. The average Bonchev–Trinajstić information content (AvgIpc) is 2.69. The second-order valence-corrected chi connectivity index (χ2v) is 5.77. The van der Waals surface area contributed by atoms with Gasteiger partial charge in [-0.15, -0.1) is 10.2 Å². The van der Waals surface area contributed by atoms with Gasteiger partial charge in [-0.2, -0.15) is 0 Å². The molecule has 2 aromatic carbocycles. The summed E-state index contributed by atoms with van der Waals surface area (Å²) in [4.78, 5) is 14.0. The highest BCUT2D eigenvalue weighted by Crippen LogP contribution is 2.20. The number of hydrogen-bond donors (Lipinski definition) is 1. The molecule has 0 aliphatic rings. The van der Waals surface area contributed by atoms with Gasteiger partial charge in [-0.1, -0.05) is 36.4 Å². The number of hydrogen-bond acceptors (Lipinski definition) is 4. The fraction of sp³-hybridized carbons (Fsp3) is 0.150. The molecule has 1 amide bonds. The minimum atomic E-state index is -0.331. The van der Waals surface area contributed by atoms with Crippen LogP contribution in [0.5, 0.6) is 0 Å². The Balaban J connectivity index is 1.58. The molecule has 5 nitrogen and oxygen atoms in total. The number of nitrogens with zero attached hydrogens (tertiary/aromatic N) is 3. The molecule has 1 heterocycles. The van der Waals surface area contributed by atoms with Gasteiger partial charge in [-0.05, 0) is 42.3 Å². The largest absolute Gasteiger partial charge is 0.350 e. The quantitative estimate of drug-likeness (QED) is 0.741. The predicted molar refractivity (Wildman–Crippen MR) is 99.0 cm³/mol. The summed E-state index contributed by atoms with van der Waals surface area (Å²) in [5.74, 6) is 0.0386. The zero-order chi connectivity index (χ0) is 18.4. The summed E-state index contributed by atoms with van der Waals surface area (Å²) in [6.07, 6.45) is 0.417. The van der Waals surface area contributed by atoms with Crippen LogP contribution in [0.15, 0.2) is 66.7 Å². The van der Waals surface area contributed by atoms with E-state index in [0.29, 0.717) is 24.3 Å². The van der Waals surface area contributed by atoms with Crippen molar-refractivity contribution in [2.24, 2.45) is 0 Å². The van der Waals surface area contributed by atoms with Gasteiger partial charge in [0.15, 0.2) is 11.5 Å². The van der Waals surface area contributed by atoms with E-state index in [1.165, 1.54) is 6.07 Å². The van der Waals surface area contributed by atoms with Crippen LogP contribution in [-0.2, 0) is 6.42 Å². The zero-order valence-electron chi connectivity index (χ0n) is 14.4. The van der Waals surface area contributed by atoms with E-state index >= 15 is 0 Å². The summed E-state index contributed by atoms with van der Waals surface area (Å²) in [5.41, 5.74) is 1.77. The first-order valence-corrected chi connectivity index (χ1v) is 8.29. The second-order valence-electron chi connectivity index (χ2n) is 5.77. The SMILES string of the molecule is CN(c1ccccc1)c1ccc(C(=O)NCCc2ccccc2F)nn1. The lowest BCUT2D eigenvalue weighted by Crippen LogP contribution is -2.27. The van der Waals surface area contributed by atoms with Gasteiger partial charge in [-0.3, -0.25) is 4.79 Å². The van der Waals surface area contributed by atoms with E-state index in [1.807, 2.05) is 42.3 Å². The van der Waals surface area contributed by atoms with Crippen molar-refractivity contribution in [3.63, 3.8) is 0 Å². The van der Waals surface area contributed by atoms with Crippen LogP contribution in [0.3, 0.4) is 0 Å². The van der Waals surface area contributed by atoms with Crippen LogP contribution in [0.1, 0.15) is 16.1 Å². The first-order chi connectivity index (χ1) is 12.6. The zero-order valence-corrected chi connectivity index (χ0v) is 14.4. The molecule has 0 bridgehead atoms. The lowest BCUT2D eigenvalue weighted by Gasteiger charge is -2.17. The first-order valence-electron chi connectivity index (χ1n) is 8.29. The molecule has 3 rings (SSSR count). The van der Waals surface area contributed by atoms with Crippen LogP contribution in [0.25, 0.3) is 0 Å². The highest BCUT2D eigenvalue weighted by molar-refractivity contribution is 5.92. The maximum atomic E-state index is 13.6. The molecule has 1 N–H and O–H groups in total. The molecule has 0 radical (unpaired) electrons. The van der Waals surface area contributed by atoms with Gasteiger partial charge in [0.25, 0.3) is 5.91 Å². The molecule has 0 atom stereocenters. The topological polar surface area (TPSA) is 58.1 Å². The lowest BCUT2D eigenvalue weighted by atomic mass is 10.1. The first kappa shape index (κ1) is 17.5. The Labute approximate surface area is 151 Å². The molecule has 0 unspecified atom stereocenters. The van der Waals surface area contributed by atoms with E-state index in [-0.39, 0.29) is 17.4 Å². The molecule has 0 aliphatic heterocycles. The van der Waals surface area contributed by atoms with Crippen molar-refractivity contribution in [3.05, 3.63) is 83.8 Å². The normalized spacial score (nSPS) is 10.4. The van der Waals surface area contributed by atoms with Crippen molar-refractivity contribution in [2.45, 2.75) is 6.42 Å². The third kappa shape index (κ3) is 4.22. The number of para-hydroxylation sites is 1. The summed E-state index contributed by atoms with van der Waals surface area (Å²) in [6.45, 7) is 0.327. The molecule has 0 aliphatic carbocycles. The lowest BCUT2D eigenvalue weighted by molar-refractivity contribution is 0.0948. The van der Waals surface area contributed by atoms with Crippen LogP contribution >= 0.6 is 0 Å². The molecule has 1 aromatic heterocycles. The highest BCUT2D eigenvalue weighted by Gasteiger charge is 2.11. The summed E-state index contributed by atoms with van der Waals surface area (Å²) >= 11 is 0. The molecule has 0 saturated heterocycles. The highest BCUT2D eigenvalue weighted by atomic mass is 19.1. The summed E-state index contributed by atoms with van der Waals surface area (Å²) in [5, 5.41) is 10.8. The smallest absolute Gasteiger partial charge is 0.271 e. The van der Waals surface area contributed by atoms with Crippen molar-refractivity contribution >= 4 is 17.4 Å². The number of carbonyl (C=O) groups is 1. The van der Waals surface area contributed by atoms with Crippen LogP contribution in [0.2, 0.25) is 0 Å². The van der Waals surface area contributed by atoms with Gasteiger partial charge in [-0.25, -0.2) is 4.39 Å². The van der Waals surface area contributed by atoms with Crippen molar-refractivity contribution in [1.29, 1.82) is 0 Å². The molecular weight excluding hydrogens is 331 g/mol. The van der Waals surface area contributed by atoms with Gasteiger partial charge in [0, 0.05) is 19.3 Å². The number of nitrogens with one attached hydrogen (secondary N) is 1. The Kier molecular flexibility index (Phi) is 5.53. The van der Waals surface area contributed by atoms with Crippen LogP contribution in [0.4, 0.5) is 15.9 Å². The standard InChI is InChI=1S/C20H19FN4O/c1-25(16-8-3-2-4-9-16)19-12-11-18(23-24-19)20(26)22-14-13-15-7-5-6-10-17(15)21/h2-12H,13-14H2,1H3,(H,22,26). The predicted octanol–water partition coefficient (Wildman–Crippen LogP) is 3.36. The Morgan fingerprint density at radius 2 is 1.73 bits per heavy atom. The third-order valence-electron chi connectivity index (χ3n) is 4.01. The molecule has 3 aromatic rings. The van der Waals surface area contributed by atoms with Crippen LogP contribution in [-0.4, -0.2) is 29.7 Å². The number of carbonyl (C=O) groups excluding carboxylic acids is 1. The van der Waals surface area contributed by atoms with Crippen molar-refractivity contribution in [1.82, 2.24) is 15.5 Å². The van der Waals surface area contributed by atoms with Crippen molar-refractivity contribution < 1.29 is 9.18 Å². The van der Waals surface area contributed by atoms with Crippen molar-refractivity contribution in [3.8, 4) is 0 Å². The summed E-state index contributed by atoms with van der Waals surface area (Å²) in [7, 11) is 1.88. The van der Waals surface area contributed by atoms with E-state index in [9.17, 15) is 9.18 Å². The number of aromatic nitrogens is 2. The van der Waals surface area contributed by atoms with E-state index in [0.717, 1.165) is 5.69 Å². The Hall–Kier alpha value is -3.28. The Bertz CT molecular complexity index is 868. The Morgan fingerprint density at radius 3 is 2.42 bits per heavy atom. The van der Waals surface area contributed by atoms with E-state index in [4.69, 9.17) is 0 Å². The van der Waals surface area contributed by atoms with E-state index in [1.54, 1.807) is 30.3 Å². The molecule has 6 heteroatoms. The molecule has 132 valence electrons. The molecule has 0 saturated carbocycles. The van der Waals surface area contributed by atoms with Crippen molar-refractivity contribution in [2.75, 3.05) is 18.5 Å². The minimum absolute atomic E-state index is 0.226. The Morgan fingerprint density at radius 1 is 1.00 bits per heavy atom. The van der Waals surface area contributed by atoms with Crippen LogP contribution < -0.4 is 10.2 Å². The number of amides is 1. The maximum absolute atomic E-state index is 13.6. The third-order valence-corrected chi connectivity index (χ3v) is 4.01. The maximum Gasteiger partial charge on any atom is 0.271 e. The monoisotopic (exact) mass is 350 g/mol. The van der Waals surface area contributed by atoms with Gasteiger partial charge in [0.05, 0.1) is 0 Å². The fourth-order valence-corrected chi connectivity index (χ4v) is 2.51. The number of anilines is 2. The second kappa shape index (κ2) is 8.20. The molecule has 0 spiro atoms. The van der Waals surface area contributed by atoms with E-state index in [2.05, 4.69) is 15.5 Å². The van der Waals surface area contributed by atoms with Gasteiger partial charge < -0.3 is 10.2 Å². The number of benzene rings is 2. The average molecular weight is 350 g/mol. The summed E-state index contributed by atoms with van der Waals surface area (Å²) < 4.78 is 13.6. The fourth-order valence-electron chi connectivity index (χ4n) is 2.51. The molecular formula is C20H19FN4O. The van der Waals surface area contributed by atoms with Gasteiger partial charge in [0.1, 0.15) is 5.82 Å².